The molecule has 316 valence electrons. The van der Waals surface area contributed by atoms with Crippen molar-refractivity contribution in [3.8, 4) is 18.1 Å². The molecule has 18 nitrogen and oxygen atoms in total. The molecule has 4 rings (SSSR count). The third-order valence-corrected chi connectivity index (χ3v) is 9.03. The molecule has 1 saturated heterocycles. The zero-order valence-electron chi connectivity index (χ0n) is 33.7. The van der Waals surface area contributed by atoms with Crippen LogP contribution in [0.2, 0.25) is 0 Å². The number of fused-ring (bicyclic) bond motifs is 1. The number of likely N-dealkylation sites (N-methyl/N-ethyl adjacent to an activating group) is 2. The Morgan fingerprint density at radius 3 is 2.02 bits per heavy atom. The molecule has 1 aliphatic rings. The van der Waals surface area contributed by atoms with Crippen molar-refractivity contribution in [1.82, 2.24) is 4.90 Å². The largest absolute Gasteiger partial charge is 0.475 e. The second-order valence-corrected chi connectivity index (χ2v) is 13.8. The summed E-state index contributed by atoms with van der Waals surface area (Å²) in [5, 5.41) is 9.93. The van der Waals surface area contributed by atoms with Crippen molar-refractivity contribution in [2.45, 2.75) is 90.8 Å². The van der Waals surface area contributed by atoms with Crippen molar-refractivity contribution in [2.75, 3.05) is 25.6 Å². The predicted octanol–water partition coefficient (Wildman–Crippen LogP) is 4.41. The molecular weight excluding hydrogens is 776 g/mol. The fourth-order valence-corrected chi connectivity index (χ4v) is 6.51. The van der Waals surface area contributed by atoms with Crippen molar-refractivity contribution in [3.05, 3.63) is 59.9 Å². The van der Waals surface area contributed by atoms with Gasteiger partial charge >= 0.3 is 35.9 Å². The van der Waals surface area contributed by atoms with Gasteiger partial charge in [0.2, 0.25) is 24.1 Å². The van der Waals surface area contributed by atoms with Crippen LogP contribution in [0, 0.1) is 18.3 Å². The number of carboxylic acid groups (broad SMARTS) is 1. The van der Waals surface area contributed by atoms with E-state index >= 15 is 0 Å². The Hall–Kier alpha value is -6.61. The van der Waals surface area contributed by atoms with Gasteiger partial charge in [-0.2, -0.15) is 0 Å². The van der Waals surface area contributed by atoms with Crippen LogP contribution in [0.25, 0.3) is 11.0 Å². The van der Waals surface area contributed by atoms with E-state index in [2.05, 4.69) is 5.92 Å². The number of hydrogen-bond donors (Lipinski definition) is 1. The highest BCUT2D eigenvalue weighted by molar-refractivity contribution is 5.98. The minimum absolute atomic E-state index is 0.00102. The smallest absolute Gasteiger partial charge is 0.410 e. The Kier molecular flexibility index (Phi) is 15.1. The van der Waals surface area contributed by atoms with Crippen molar-refractivity contribution < 1.29 is 76.2 Å². The average Bonchev–Trinajstić information content (AvgIpc) is 3.62. The summed E-state index contributed by atoms with van der Waals surface area (Å²) in [4.78, 5) is 90.9. The average molecular weight is 823 g/mol. The Bertz CT molecular complexity index is 2090. The predicted molar refractivity (Wildman–Crippen MR) is 205 cm³/mol. The number of esters is 4. The van der Waals surface area contributed by atoms with Crippen LogP contribution >= 0.6 is 0 Å². The fourth-order valence-electron chi connectivity index (χ4n) is 6.51. The van der Waals surface area contributed by atoms with E-state index in [0.29, 0.717) is 5.69 Å². The molecule has 0 spiro atoms. The van der Waals surface area contributed by atoms with Gasteiger partial charge in [0.25, 0.3) is 0 Å². The minimum Gasteiger partial charge on any atom is -0.475 e. The summed E-state index contributed by atoms with van der Waals surface area (Å²) in [5.74, 6) is -3.77. The molecule has 0 radical (unpaired) electrons. The number of terminal acetylenes is 1. The number of ether oxygens (including phenoxy) is 7. The number of aromatic carboxylic acids is 1. The maximum absolute atomic E-state index is 13.8. The molecule has 18 heteroatoms. The van der Waals surface area contributed by atoms with Gasteiger partial charge in [-0.15, -0.1) is 12.3 Å². The van der Waals surface area contributed by atoms with Crippen molar-refractivity contribution in [1.29, 1.82) is 0 Å². The number of carbonyl (C=O) groups is 7. The Balaban J connectivity index is 1.75. The molecule has 1 aromatic heterocycles. The summed E-state index contributed by atoms with van der Waals surface area (Å²) < 4.78 is 45.4. The van der Waals surface area contributed by atoms with E-state index in [9.17, 15) is 38.7 Å². The molecule has 2 heterocycles. The van der Waals surface area contributed by atoms with Crippen LogP contribution < -0.4 is 9.64 Å². The van der Waals surface area contributed by atoms with Crippen LogP contribution in [-0.4, -0.2) is 109 Å². The van der Waals surface area contributed by atoms with Crippen LogP contribution in [0.4, 0.5) is 10.5 Å². The number of anilines is 1. The lowest BCUT2D eigenvalue weighted by Crippen LogP contribution is -2.63. The quantitative estimate of drug-likeness (QED) is 0.127. The first-order valence-electron chi connectivity index (χ1n) is 18.3. The highest BCUT2D eigenvalue weighted by atomic mass is 16.7. The van der Waals surface area contributed by atoms with Crippen LogP contribution in [0.5, 0.6) is 5.75 Å². The lowest BCUT2D eigenvalue weighted by atomic mass is 9.98. The Morgan fingerprint density at radius 2 is 1.46 bits per heavy atom. The van der Waals surface area contributed by atoms with Gasteiger partial charge in [0.05, 0.1) is 11.8 Å². The second kappa shape index (κ2) is 19.7. The van der Waals surface area contributed by atoms with E-state index in [4.69, 9.17) is 44.0 Å². The number of furan rings is 1. The molecule has 1 fully saturated rings. The Morgan fingerprint density at radius 1 is 0.847 bits per heavy atom. The van der Waals surface area contributed by atoms with Crippen molar-refractivity contribution in [2.24, 2.45) is 5.92 Å². The van der Waals surface area contributed by atoms with Gasteiger partial charge in [0.1, 0.15) is 36.2 Å². The van der Waals surface area contributed by atoms with Gasteiger partial charge in [-0.25, -0.2) is 9.59 Å². The third kappa shape index (κ3) is 11.1. The van der Waals surface area contributed by atoms with Gasteiger partial charge in [-0.05, 0) is 30.2 Å². The van der Waals surface area contributed by atoms with E-state index in [-0.39, 0.29) is 40.5 Å². The minimum atomic E-state index is -1.68. The molecule has 2 unspecified atom stereocenters. The second-order valence-electron chi connectivity index (χ2n) is 13.8. The molecule has 59 heavy (non-hydrogen) atoms. The normalized spacial score (nSPS) is 19.6. The number of para-hydroxylation sites is 1. The van der Waals surface area contributed by atoms with Crippen LogP contribution in [0.15, 0.2) is 52.9 Å². The number of amides is 2. The van der Waals surface area contributed by atoms with Gasteiger partial charge < -0.3 is 47.6 Å². The SMILES string of the molecule is C#CCC(OC(=O)N(C)C(C(=O)N(C)c1ccccc1)C(C)C)c1ccc(O[C@@H]2O[C@H](COC(C)=O)[C@H](OC(C)=O)[C@H](OC(C)=O)[C@H]2OC(C)=O)c2cc(C(=O)O)oc12. The number of benzene rings is 2. The zero-order chi connectivity index (χ0) is 43.7. The first-order valence-corrected chi connectivity index (χ1v) is 18.3. The van der Waals surface area contributed by atoms with Crippen LogP contribution in [0.1, 0.15) is 70.2 Å². The molecule has 1 N–H and O–H groups in total. The molecular formula is C41H46N2O16. The van der Waals surface area contributed by atoms with Gasteiger partial charge in [-0.1, -0.05) is 32.0 Å². The zero-order valence-corrected chi connectivity index (χ0v) is 33.7. The van der Waals surface area contributed by atoms with Crippen LogP contribution in [-0.2, 0) is 52.4 Å². The highest BCUT2D eigenvalue weighted by Crippen LogP contribution is 2.39. The lowest BCUT2D eigenvalue weighted by Gasteiger charge is -2.44. The van der Waals surface area contributed by atoms with E-state index in [0.717, 1.165) is 38.7 Å². The Labute approximate surface area is 339 Å². The van der Waals surface area contributed by atoms with Crippen molar-refractivity contribution >= 4 is 58.5 Å². The number of nitrogens with zero attached hydrogens (tertiary/aromatic N) is 2. The molecule has 1 aliphatic heterocycles. The summed E-state index contributed by atoms with van der Waals surface area (Å²) in [6.07, 6.45) is -4.34. The highest BCUT2D eigenvalue weighted by Gasteiger charge is 2.53. The molecule has 0 aliphatic carbocycles. The first kappa shape index (κ1) is 45.1. The maximum Gasteiger partial charge on any atom is 0.410 e. The van der Waals surface area contributed by atoms with E-state index in [1.807, 2.05) is 0 Å². The maximum atomic E-state index is 13.8. The monoisotopic (exact) mass is 822 g/mol. The summed E-state index contributed by atoms with van der Waals surface area (Å²) in [6.45, 7) is 7.33. The van der Waals surface area contributed by atoms with Gasteiger partial charge in [0, 0.05) is 59.1 Å². The van der Waals surface area contributed by atoms with Gasteiger partial charge in [0.15, 0.2) is 12.2 Å². The number of hydrogen-bond acceptors (Lipinski definition) is 15. The number of carboxylic acids is 1. The summed E-state index contributed by atoms with van der Waals surface area (Å²) >= 11 is 0. The molecule has 0 saturated carbocycles. The van der Waals surface area contributed by atoms with Gasteiger partial charge in [-0.3, -0.25) is 28.9 Å². The van der Waals surface area contributed by atoms with E-state index in [1.165, 1.54) is 24.1 Å². The molecule has 0 bridgehead atoms. The summed E-state index contributed by atoms with van der Waals surface area (Å²) in [7, 11) is 3.00. The van der Waals surface area contributed by atoms with E-state index < -0.39 is 91.2 Å². The standard InChI is InChI=1S/C41H46N2O16/c1-10-14-29(59-41(51)43(9)33(21(2)3)38(48)42(8)26-15-12-11-13-16-26)27-17-18-30(28-19-31(39(49)50)56-34(27)28)57-40-37(55-25(7)47)36(54-24(6)46)35(53-23(5)45)32(58-40)20-52-22(4)44/h1,11-13,15-19,21,29,32-33,35-37,40H,14,20H2,2-9H3,(H,49,50)/t29?,32-,33?,35+,36+,37-,40-/m1/s1. The number of rotatable bonds is 15. The molecule has 2 amide bonds. The van der Waals surface area contributed by atoms with E-state index in [1.54, 1.807) is 51.2 Å². The topological polar surface area (TPSA) is 224 Å². The summed E-state index contributed by atoms with van der Waals surface area (Å²) in [6, 6.07) is 11.7. The van der Waals surface area contributed by atoms with Crippen molar-refractivity contribution in [3.63, 3.8) is 0 Å². The summed E-state index contributed by atoms with van der Waals surface area (Å²) in [5.41, 5.74) is 0.590. The third-order valence-electron chi connectivity index (χ3n) is 9.03. The molecule has 2 aromatic carbocycles. The fraction of sp³-hybridized carbons (Fsp3) is 0.439. The number of carbonyl (C=O) groups excluding carboxylic acids is 6. The molecule has 3 aromatic rings. The first-order chi connectivity index (χ1) is 27.8. The lowest BCUT2D eigenvalue weighted by molar-refractivity contribution is -0.288. The van der Waals surface area contributed by atoms with Crippen LogP contribution in [0.3, 0.4) is 0 Å². The molecule has 7 atom stereocenters.